The van der Waals surface area contributed by atoms with Crippen molar-refractivity contribution in [2.45, 2.75) is 77.7 Å². The van der Waals surface area contributed by atoms with Crippen LogP contribution in [0.15, 0.2) is 12.2 Å². The molecule has 0 aliphatic carbocycles. The fourth-order valence-corrected chi connectivity index (χ4v) is 2.01. The first-order chi connectivity index (χ1) is 7.74. The van der Waals surface area contributed by atoms with E-state index in [0.717, 1.165) is 12.8 Å². The van der Waals surface area contributed by atoms with Crippen molar-refractivity contribution in [3.8, 4) is 0 Å². The Morgan fingerprint density at radius 2 is 1.69 bits per heavy atom. The van der Waals surface area contributed by atoms with Crippen molar-refractivity contribution < 1.29 is 0 Å². The Morgan fingerprint density at radius 1 is 1.06 bits per heavy atom. The summed E-state index contributed by atoms with van der Waals surface area (Å²) in [6.07, 6.45) is 11.9. The van der Waals surface area contributed by atoms with Gasteiger partial charge in [-0.05, 0) is 26.3 Å². The van der Waals surface area contributed by atoms with Gasteiger partial charge < -0.3 is 5.32 Å². The molecule has 0 fully saturated rings. The van der Waals surface area contributed by atoms with Crippen LogP contribution in [0.1, 0.15) is 71.6 Å². The zero-order valence-electron chi connectivity index (χ0n) is 11.6. The maximum Gasteiger partial charge on any atom is 0.0101 e. The Bertz CT molecular complexity index is 163. The van der Waals surface area contributed by atoms with Crippen molar-refractivity contribution in [1.82, 2.24) is 5.32 Å². The zero-order chi connectivity index (χ0) is 12.2. The molecule has 0 aliphatic heterocycles. The fraction of sp³-hybridized carbons (Fsp3) is 0.867. The first kappa shape index (κ1) is 15.7. The summed E-state index contributed by atoms with van der Waals surface area (Å²) in [5.74, 6) is 0. The molecule has 1 heteroatoms. The lowest BCUT2D eigenvalue weighted by atomic mass is 9.99. The van der Waals surface area contributed by atoms with E-state index in [2.05, 4.69) is 32.8 Å². The third kappa shape index (κ3) is 8.96. The molecule has 0 aromatic rings. The van der Waals surface area contributed by atoms with Gasteiger partial charge in [-0.1, -0.05) is 64.5 Å². The molecular weight excluding hydrogens is 194 g/mol. The molecule has 0 aromatic carbocycles. The van der Waals surface area contributed by atoms with Crippen LogP contribution >= 0.6 is 0 Å². The summed E-state index contributed by atoms with van der Waals surface area (Å²) in [7, 11) is 2.07. The highest BCUT2D eigenvalue weighted by atomic mass is 14.9. The zero-order valence-corrected chi connectivity index (χ0v) is 11.6. The summed E-state index contributed by atoms with van der Waals surface area (Å²) >= 11 is 0. The van der Waals surface area contributed by atoms with Crippen LogP contribution in [0.3, 0.4) is 0 Å². The van der Waals surface area contributed by atoms with E-state index in [-0.39, 0.29) is 0 Å². The van der Waals surface area contributed by atoms with Crippen LogP contribution in [0.4, 0.5) is 0 Å². The van der Waals surface area contributed by atoms with Crippen LogP contribution in [0.5, 0.6) is 0 Å². The molecule has 16 heavy (non-hydrogen) atoms. The minimum absolute atomic E-state index is 0.652. The van der Waals surface area contributed by atoms with E-state index in [1.165, 1.54) is 50.5 Å². The number of hydrogen-bond acceptors (Lipinski definition) is 1. The van der Waals surface area contributed by atoms with Crippen LogP contribution in [0.25, 0.3) is 0 Å². The van der Waals surface area contributed by atoms with E-state index >= 15 is 0 Å². The number of nitrogens with one attached hydrogen (secondary N) is 1. The van der Waals surface area contributed by atoms with Gasteiger partial charge in [0.05, 0.1) is 0 Å². The van der Waals surface area contributed by atoms with Gasteiger partial charge in [0.25, 0.3) is 0 Å². The molecule has 0 amide bonds. The Hall–Kier alpha value is -0.300. The van der Waals surface area contributed by atoms with Crippen molar-refractivity contribution in [3.63, 3.8) is 0 Å². The second-order valence-corrected chi connectivity index (χ2v) is 4.85. The minimum Gasteiger partial charge on any atom is -0.317 e. The van der Waals surface area contributed by atoms with E-state index in [4.69, 9.17) is 0 Å². The van der Waals surface area contributed by atoms with Crippen molar-refractivity contribution in [3.05, 3.63) is 12.2 Å². The van der Waals surface area contributed by atoms with Gasteiger partial charge in [-0.3, -0.25) is 0 Å². The molecule has 1 unspecified atom stereocenters. The quantitative estimate of drug-likeness (QED) is 0.397. The molecule has 0 rings (SSSR count). The predicted octanol–water partition coefficient (Wildman–Crippen LogP) is 4.68. The van der Waals surface area contributed by atoms with Gasteiger partial charge in [-0.2, -0.15) is 0 Å². The molecule has 1 atom stereocenters. The molecule has 0 aromatic heterocycles. The van der Waals surface area contributed by atoms with Crippen molar-refractivity contribution in [2.24, 2.45) is 0 Å². The summed E-state index contributed by atoms with van der Waals surface area (Å²) < 4.78 is 0. The third-order valence-corrected chi connectivity index (χ3v) is 3.35. The smallest absolute Gasteiger partial charge is 0.0101 e. The summed E-state index contributed by atoms with van der Waals surface area (Å²) in [6, 6.07) is 0.652. The van der Waals surface area contributed by atoms with E-state index < -0.39 is 0 Å². The van der Waals surface area contributed by atoms with E-state index in [9.17, 15) is 0 Å². The van der Waals surface area contributed by atoms with Crippen molar-refractivity contribution >= 4 is 0 Å². The molecule has 96 valence electrons. The maximum absolute atomic E-state index is 4.09. The van der Waals surface area contributed by atoms with E-state index in [1.807, 2.05) is 0 Å². The highest BCUT2D eigenvalue weighted by Gasteiger charge is 2.06. The lowest BCUT2D eigenvalue weighted by molar-refractivity contribution is 0.476. The molecule has 0 aliphatic rings. The van der Waals surface area contributed by atoms with Gasteiger partial charge in [0.1, 0.15) is 0 Å². The molecule has 0 radical (unpaired) electrons. The largest absolute Gasteiger partial charge is 0.317 e. The number of unbranched alkanes of at least 4 members (excludes halogenated alkanes) is 5. The summed E-state index contributed by atoms with van der Waals surface area (Å²) in [5, 5.41) is 3.41. The second-order valence-electron chi connectivity index (χ2n) is 4.85. The Labute approximate surface area is 103 Å². The Balaban J connectivity index is 3.44. The normalized spacial score (nSPS) is 12.7. The molecule has 0 bridgehead atoms. The van der Waals surface area contributed by atoms with Gasteiger partial charge in [0.2, 0.25) is 0 Å². The lowest BCUT2D eigenvalue weighted by Crippen LogP contribution is -2.25. The third-order valence-electron chi connectivity index (χ3n) is 3.35. The van der Waals surface area contributed by atoms with Crippen LogP contribution in [0, 0.1) is 0 Å². The fourth-order valence-electron chi connectivity index (χ4n) is 2.01. The highest BCUT2D eigenvalue weighted by molar-refractivity contribution is 4.96. The van der Waals surface area contributed by atoms with Crippen LogP contribution < -0.4 is 5.32 Å². The Morgan fingerprint density at radius 3 is 2.25 bits per heavy atom. The topological polar surface area (TPSA) is 12.0 Å². The average molecular weight is 225 g/mol. The summed E-state index contributed by atoms with van der Waals surface area (Å²) in [4.78, 5) is 0. The predicted molar refractivity (Wildman–Crippen MR) is 74.9 cm³/mol. The van der Waals surface area contributed by atoms with Crippen LogP contribution in [0.2, 0.25) is 0 Å². The molecule has 0 heterocycles. The minimum atomic E-state index is 0.652. The van der Waals surface area contributed by atoms with E-state index in [1.54, 1.807) is 0 Å². The molecule has 0 saturated carbocycles. The molecule has 1 nitrogen and oxygen atoms in total. The monoisotopic (exact) mass is 225 g/mol. The van der Waals surface area contributed by atoms with Gasteiger partial charge in [-0.25, -0.2) is 0 Å². The number of hydrogen-bond donors (Lipinski definition) is 1. The Kier molecular flexibility index (Phi) is 11.0. The van der Waals surface area contributed by atoms with Gasteiger partial charge in [0, 0.05) is 6.04 Å². The van der Waals surface area contributed by atoms with Crippen LogP contribution in [-0.2, 0) is 0 Å². The molecule has 1 N–H and O–H groups in total. The van der Waals surface area contributed by atoms with E-state index in [0.29, 0.717) is 6.04 Å². The second kappa shape index (κ2) is 11.2. The first-order valence-corrected chi connectivity index (χ1v) is 7.08. The average Bonchev–Trinajstić information content (AvgIpc) is 2.31. The van der Waals surface area contributed by atoms with Gasteiger partial charge in [0.15, 0.2) is 0 Å². The summed E-state index contributed by atoms with van der Waals surface area (Å²) in [6.45, 7) is 8.56. The van der Waals surface area contributed by atoms with Crippen molar-refractivity contribution in [2.75, 3.05) is 7.05 Å². The van der Waals surface area contributed by atoms with Crippen LogP contribution in [-0.4, -0.2) is 13.1 Å². The van der Waals surface area contributed by atoms with Crippen molar-refractivity contribution in [1.29, 1.82) is 0 Å². The molecular formula is C15H31N. The standard InChI is InChI=1S/C15H31N/c1-5-7-8-9-10-11-12-15(16-4)13-14(3)6-2/h15-16H,3,5-13H2,1-2,4H3. The number of rotatable bonds is 11. The van der Waals surface area contributed by atoms with Gasteiger partial charge >= 0.3 is 0 Å². The first-order valence-electron chi connectivity index (χ1n) is 7.08. The summed E-state index contributed by atoms with van der Waals surface area (Å²) in [5.41, 5.74) is 1.38. The SMILES string of the molecule is C=C(CC)CC(CCCCCCCC)NC. The highest BCUT2D eigenvalue weighted by Crippen LogP contribution is 2.14. The van der Waals surface area contributed by atoms with Gasteiger partial charge in [-0.15, -0.1) is 0 Å². The molecule has 0 saturated heterocycles. The lowest BCUT2D eigenvalue weighted by Gasteiger charge is -2.16. The maximum atomic E-state index is 4.09. The molecule has 0 spiro atoms.